The topological polar surface area (TPSA) is 78.3 Å². The van der Waals surface area contributed by atoms with Crippen molar-refractivity contribution >= 4 is 22.6 Å². The lowest BCUT2D eigenvalue weighted by Gasteiger charge is -2.20. The number of hydrogen-bond acceptors (Lipinski definition) is 4. The second-order valence-electron chi connectivity index (χ2n) is 8.34. The lowest BCUT2D eigenvalue weighted by molar-refractivity contribution is 0.0915. The van der Waals surface area contributed by atoms with Crippen molar-refractivity contribution in [3.8, 4) is 0 Å². The number of fused-ring (bicyclic) bond motifs is 1. The third-order valence-electron chi connectivity index (χ3n) is 5.75. The van der Waals surface area contributed by atoms with Gasteiger partial charge in [-0.05, 0) is 48.7 Å². The molecule has 6 nitrogen and oxygen atoms in total. The average Bonchev–Trinajstić information content (AvgIpc) is 3.28. The minimum Gasteiger partial charge on any atom is -0.468 e. The van der Waals surface area contributed by atoms with Crippen LogP contribution in [0.1, 0.15) is 44.9 Å². The maximum absolute atomic E-state index is 13.2. The van der Waals surface area contributed by atoms with Crippen LogP contribution in [0, 0.1) is 0 Å². The van der Waals surface area contributed by atoms with E-state index < -0.39 is 0 Å². The number of nitrogens with one attached hydrogen (secondary N) is 2. The summed E-state index contributed by atoms with van der Waals surface area (Å²) < 4.78 is 5.53. The maximum Gasteiger partial charge on any atom is 0.251 e. The minimum absolute atomic E-state index is 0.0268. The molecule has 0 aliphatic heterocycles. The summed E-state index contributed by atoms with van der Waals surface area (Å²) in [5.74, 6) is 0.826. The summed E-state index contributed by atoms with van der Waals surface area (Å²) in [5, 5.41) is 3.94. The zero-order chi connectivity index (χ0) is 21.9. The highest BCUT2D eigenvalue weighted by atomic mass is 16.3. The Balaban J connectivity index is 1.31. The van der Waals surface area contributed by atoms with E-state index in [-0.39, 0.29) is 18.2 Å². The van der Waals surface area contributed by atoms with Gasteiger partial charge in [-0.25, -0.2) is 0 Å². The first-order valence-electron chi connectivity index (χ1n) is 10.9. The quantitative estimate of drug-likeness (QED) is 0.385. The number of hydrogen-bond donors (Lipinski definition) is 2. The van der Waals surface area contributed by atoms with Gasteiger partial charge in [0, 0.05) is 40.8 Å². The van der Waals surface area contributed by atoms with Crippen LogP contribution >= 0.6 is 0 Å². The Morgan fingerprint density at radius 2 is 1.81 bits per heavy atom. The van der Waals surface area contributed by atoms with Crippen LogP contribution in [0.4, 0.5) is 0 Å². The zero-order valence-electron chi connectivity index (χ0n) is 17.7. The van der Waals surface area contributed by atoms with Crippen molar-refractivity contribution in [3.63, 3.8) is 0 Å². The van der Waals surface area contributed by atoms with Crippen LogP contribution in [-0.2, 0) is 13.1 Å². The molecule has 2 heterocycles. The fraction of sp³-hybridized carbons (Fsp3) is 0.231. The molecule has 1 fully saturated rings. The number of H-pyrrole nitrogens is 1. The van der Waals surface area contributed by atoms with Gasteiger partial charge in [-0.1, -0.05) is 30.3 Å². The summed E-state index contributed by atoms with van der Waals surface area (Å²) >= 11 is 0. The highest BCUT2D eigenvalue weighted by molar-refractivity contribution is 6.08. The fourth-order valence-electron chi connectivity index (χ4n) is 3.90. The third-order valence-corrected chi connectivity index (χ3v) is 5.75. The molecule has 0 spiro atoms. The fourth-order valence-corrected chi connectivity index (χ4v) is 3.90. The molecule has 2 aromatic heterocycles. The van der Waals surface area contributed by atoms with Gasteiger partial charge >= 0.3 is 0 Å². The maximum atomic E-state index is 13.2. The summed E-state index contributed by atoms with van der Waals surface area (Å²) in [4.78, 5) is 30.6. The Labute approximate surface area is 186 Å². The van der Waals surface area contributed by atoms with E-state index in [1.807, 2.05) is 60.7 Å². The second kappa shape index (κ2) is 8.85. The van der Waals surface area contributed by atoms with E-state index in [9.17, 15) is 9.59 Å². The normalized spacial score (nSPS) is 13.5. The van der Waals surface area contributed by atoms with E-state index in [0.717, 1.165) is 35.1 Å². The van der Waals surface area contributed by atoms with E-state index in [4.69, 9.17) is 4.42 Å². The van der Waals surface area contributed by atoms with Crippen molar-refractivity contribution in [2.75, 3.05) is 6.54 Å². The predicted molar refractivity (Wildman–Crippen MR) is 122 cm³/mol. The molecule has 1 saturated carbocycles. The van der Waals surface area contributed by atoms with Crippen molar-refractivity contribution in [1.82, 2.24) is 15.2 Å². The van der Waals surface area contributed by atoms with Crippen molar-refractivity contribution in [2.24, 2.45) is 0 Å². The Kier molecular flexibility index (Phi) is 5.60. The molecule has 6 heteroatoms. The lowest BCUT2D eigenvalue weighted by atomic mass is 10.1. The number of benzene rings is 2. The van der Waals surface area contributed by atoms with Crippen LogP contribution in [0.25, 0.3) is 10.9 Å². The number of aromatic amines is 1. The van der Waals surface area contributed by atoms with Crippen LogP contribution < -0.4 is 5.32 Å². The van der Waals surface area contributed by atoms with E-state index >= 15 is 0 Å². The van der Waals surface area contributed by atoms with Crippen LogP contribution in [-0.4, -0.2) is 34.2 Å². The number of aromatic nitrogens is 1. The monoisotopic (exact) mass is 427 g/mol. The molecule has 4 aromatic rings. The molecule has 0 unspecified atom stereocenters. The van der Waals surface area contributed by atoms with Crippen LogP contribution in [0.2, 0.25) is 0 Å². The standard InChI is InChI=1S/C26H25N3O3/c30-25(23-14-27-24-6-2-1-5-22(23)24)17-29(16-21-4-3-13-32-21)15-18-7-9-19(10-8-18)26(31)28-20-11-12-20/h1-10,13-14,20,27H,11-12,15-17H2,(H,28,31). The number of amides is 1. The van der Waals surface area contributed by atoms with E-state index in [1.165, 1.54) is 0 Å². The van der Waals surface area contributed by atoms with Crippen molar-refractivity contribution in [3.05, 3.63) is 95.6 Å². The van der Waals surface area contributed by atoms with Crippen molar-refractivity contribution in [1.29, 1.82) is 0 Å². The predicted octanol–water partition coefficient (Wildman–Crippen LogP) is 4.54. The van der Waals surface area contributed by atoms with Gasteiger partial charge in [0.05, 0.1) is 19.4 Å². The van der Waals surface area contributed by atoms with Crippen LogP contribution in [0.5, 0.6) is 0 Å². The molecular weight excluding hydrogens is 402 g/mol. The third kappa shape index (κ3) is 4.65. The summed E-state index contributed by atoms with van der Waals surface area (Å²) in [7, 11) is 0. The van der Waals surface area contributed by atoms with Gasteiger partial charge in [0.1, 0.15) is 5.76 Å². The molecule has 1 aliphatic rings. The highest BCUT2D eigenvalue weighted by Gasteiger charge is 2.24. The van der Waals surface area contributed by atoms with Gasteiger partial charge in [-0.3, -0.25) is 14.5 Å². The Morgan fingerprint density at radius 1 is 1.00 bits per heavy atom. The summed E-state index contributed by atoms with van der Waals surface area (Å²) in [6.07, 6.45) is 5.56. The Morgan fingerprint density at radius 3 is 2.56 bits per heavy atom. The largest absolute Gasteiger partial charge is 0.468 e. The van der Waals surface area contributed by atoms with Crippen molar-refractivity contribution < 1.29 is 14.0 Å². The van der Waals surface area contributed by atoms with Crippen LogP contribution in [0.3, 0.4) is 0 Å². The number of ketones is 1. The summed E-state index contributed by atoms with van der Waals surface area (Å²) in [5.41, 5.74) is 3.34. The lowest BCUT2D eigenvalue weighted by Crippen LogP contribution is -2.29. The molecule has 0 radical (unpaired) electrons. The number of Topliss-reactive ketones (excluding diaryl/α,β-unsaturated/α-hetero) is 1. The van der Waals surface area contributed by atoms with Gasteiger partial charge in [0.15, 0.2) is 5.78 Å². The van der Waals surface area contributed by atoms with E-state index in [2.05, 4.69) is 15.2 Å². The Hall–Kier alpha value is -3.64. The summed E-state index contributed by atoms with van der Waals surface area (Å²) in [6, 6.07) is 19.5. The SMILES string of the molecule is O=C(NC1CC1)c1ccc(CN(CC(=O)c2c[nH]c3ccccc23)Cc2ccco2)cc1. The van der Waals surface area contributed by atoms with Gasteiger partial charge < -0.3 is 14.7 Å². The number of para-hydroxylation sites is 1. The molecular formula is C26H25N3O3. The van der Waals surface area contributed by atoms with Gasteiger partial charge in [0.25, 0.3) is 5.91 Å². The van der Waals surface area contributed by atoms with Crippen molar-refractivity contribution in [2.45, 2.75) is 32.0 Å². The molecule has 0 bridgehead atoms. The average molecular weight is 428 g/mol. The molecule has 2 N–H and O–H groups in total. The first kappa shape index (κ1) is 20.3. The summed E-state index contributed by atoms with van der Waals surface area (Å²) in [6.45, 7) is 1.34. The van der Waals surface area contributed by atoms with Gasteiger partial charge in [-0.2, -0.15) is 0 Å². The molecule has 32 heavy (non-hydrogen) atoms. The number of carbonyl (C=O) groups is 2. The molecule has 0 atom stereocenters. The van der Waals surface area contributed by atoms with E-state index in [0.29, 0.717) is 30.3 Å². The molecule has 1 amide bonds. The number of rotatable bonds is 9. The smallest absolute Gasteiger partial charge is 0.251 e. The number of furan rings is 1. The minimum atomic E-state index is -0.0268. The molecule has 0 saturated heterocycles. The molecule has 2 aromatic carbocycles. The zero-order valence-corrected chi connectivity index (χ0v) is 17.7. The number of carbonyl (C=O) groups excluding carboxylic acids is 2. The van der Waals surface area contributed by atoms with Gasteiger partial charge in [0.2, 0.25) is 0 Å². The van der Waals surface area contributed by atoms with Gasteiger partial charge in [-0.15, -0.1) is 0 Å². The molecule has 162 valence electrons. The first-order valence-corrected chi connectivity index (χ1v) is 10.9. The van der Waals surface area contributed by atoms with Crippen LogP contribution in [0.15, 0.2) is 77.5 Å². The van der Waals surface area contributed by atoms with E-state index in [1.54, 1.807) is 12.5 Å². The Bertz CT molecular complexity index is 1220. The molecule has 5 rings (SSSR count). The number of nitrogens with zero attached hydrogens (tertiary/aromatic N) is 1. The first-order chi connectivity index (χ1) is 15.7. The molecule has 1 aliphatic carbocycles. The second-order valence-corrected chi connectivity index (χ2v) is 8.34. The highest BCUT2D eigenvalue weighted by Crippen LogP contribution is 2.21.